The van der Waals surface area contributed by atoms with Crippen molar-refractivity contribution in [2.24, 2.45) is 0 Å². The Morgan fingerprint density at radius 2 is 1.82 bits per heavy atom. The number of ether oxygens (including phenoxy) is 1. The van der Waals surface area contributed by atoms with Gasteiger partial charge in [0.2, 0.25) is 0 Å². The van der Waals surface area contributed by atoms with Crippen LogP contribution in [-0.2, 0) is 12.6 Å². The Kier molecular flexibility index (Phi) is 7.17. The van der Waals surface area contributed by atoms with Gasteiger partial charge in [0.1, 0.15) is 0 Å². The van der Waals surface area contributed by atoms with Crippen molar-refractivity contribution < 1.29 is 22.7 Å². The molecule has 0 aliphatic rings. The number of hydrogen-bond donors (Lipinski definition) is 1. The minimum absolute atomic E-state index is 0.0723. The van der Waals surface area contributed by atoms with Crippen molar-refractivity contribution in [2.45, 2.75) is 26.4 Å². The van der Waals surface area contributed by atoms with Crippen LogP contribution in [0.2, 0.25) is 0 Å². The second-order valence-corrected chi connectivity index (χ2v) is 9.11. The van der Waals surface area contributed by atoms with Crippen LogP contribution < -0.4 is 10.1 Å². The maximum Gasteiger partial charge on any atom is 0.420 e. The summed E-state index contributed by atoms with van der Waals surface area (Å²) in [4.78, 5) is 17.7. The Balaban J connectivity index is 1.45. The molecule has 1 amide bonds. The molecule has 0 saturated heterocycles. The third kappa shape index (κ3) is 5.07. The highest BCUT2D eigenvalue weighted by Gasteiger charge is 2.35. The van der Waals surface area contributed by atoms with E-state index in [0.717, 1.165) is 47.8 Å². The number of benzene rings is 3. The summed E-state index contributed by atoms with van der Waals surface area (Å²) in [5, 5.41) is 7.13. The van der Waals surface area contributed by atoms with Gasteiger partial charge >= 0.3 is 6.18 Å². The third-order valence-corrected chi connectivity index (χ3v) is 6.59. The number of imidazole rings is 1. The summed E-state index contributed by atoms with van der Waals surface area (Å²) >= 11 is 0. The maximum absolute atomic E-state index is 13.4. The number of nitrogens with one attached hydrogen (secondary N) is 1. The molecule has 204 valence electrons. The first-order valence-electron chi connectivity index (χ1n) is 12.5. The van der Waals surface area contributed by atoms with E-state index < -0.39 is 23.4 Å². The summed E-state index contributed by atoms with van der Waals surface area (Å²) in [5.74, 6) is -1.02. The topological polar surface area (TPSA) is 74.0 Å². The van der Waals surface area contributed by atoms with Gasteiger partial charge in [-0.15, -0.1) is 0 Å². The van der Waals surface area contributed by atoms with Crippen LogP contribution in [-0.4, -0.2) is 32.3 Å². The predicted molar refractivity (Wildman–Crippen MR) is 146 cm³/mol. The number of carbonyl (C=O) groups is 1. The summed E-state index contributed by atoms with van der Waals surface area (Å²) in [6.07, 6.45) is 1.43. The minimum Gasteiger partial charge on any atom is -0.494 e. The van der Waals surface area contributed by atoms with E-state index in [1.165, 1.54) is 12.1 Å². The van der Waals surface area contributed by atoms with Gasteiger partial charge in [0, 0.05) is 17.3 Å². The van der Waals surface area contributed by atoms with E-state index in [1.54, 1.807) is 30.7 Å². The Bertz CT molecular complexity index is 1670. The number of anilines is 1. The van der Waals surface area contributed by atoms with Gasteiger partial charge in [-0.1, -0.05) is 37.3 Å². The van der Waals surface area contributed by atoms with Gasteiger partial charge in [-0.3, -0.25) is 4.79 Å². The van der Waals surface area contributed by atoms with Crippen molar-refractivity contribution in [1.29, 1.82) is 0 Å². The third-order valence-electron chi connectivity index (χ3n) is 6.59. The Hall–Kier alpha value is -4.86. The molecular formula is C30H26F3N5O2. The predicted octanol–water partition coefficient (Wildman–Crippen LogP) is 6.88. The molecule has 2 aromatic heterocycles. The molecular weight excluding hydrogens is 519 g/mol. The van der Waals surface area contributed by atoms with E-state index >= 15 is 0 Å². The van der Waals surface area contributed by atoms with E-state index in [9.17, 15) is 18.0 Å². The largest absolute Gasteiger partial charge is 0.494 e. The van der Waals surface area contributed by atoms with Gasteiger partial charge in [0.25, 0.3) is 5.91 Å². The molecule has 5 aromatic rings. The molecule has 40 heavy (non-hydrogen) atoms. The first-order chi connectivity index (χ1) is 19.2. The summed E-state index contributed by atoms with van der Waals surface area (Å²) < 4.78 is 48.9. The lowest BCUT2D eigenvalue weighted by molar-refractivity contribution is -0.138. The van der Waals surface area contributed by atoms with Crippen molar-refractivity contribution in [2.75, 3.05) is 12.4 Å². The van der Waals surface area contributed by atoms with Gasteiger partial charge in [-0.2, -0.15) is 18.3 Å². The molecule has 2 heterocycles. The SMILES string of the molecule is CCc1c(-c2cn(-c3cc(C(=O)Nc4cccc(C(F)(F)F)c4OC)ccc3C)cn2)cnn1-c1ccccc1. The number of aromatic nitrogens is 4. The van der Waals surface area contributed by atoms with Gasteiger partial charge < -0.3 is 14.6 Å². The summed E-state index contributed by atoms with van der Waals surface area (Å²) in [7, 11) is 1.13. The van der Waals surface area contributed by atoms with E-state index in [0.29, 0.717) is 5.69 Å². The molecule has 0 aliphatic carbocycles. The zero-order valence-corrected chi connectivity index (χ0v) is 22.0. The molecule has 5 rings (SSSR count). The Morgan fingerprint density at radius 3 is 2.52 bits per heavy atom. The van der Waals surface area contributed by atoms with Gasteiger partial charge in [-0.25, -0.2) is 9.67 Å². The molecule has 0 radical (unpaired) electrons. The van der Waals surface area contributed by atoms with Crippen molar-refractivity contribution in [3.63, 3.8) is 0 Å². The van der Waals surface area contributed by atoms with Crippen molar-refractivity contribution in [1.82, 2.24) is 19.3 Å². The Labute approximate surface area is 228 Å². The molecule has 0 bridgehead atoms. The van der Waals surface area contributed by atoms with E-state index in [-0.39, 0.29) is 11.3 Å². The lowest BCUT2D eigenvalue weighted by Crippen LogP contribution is -2.15. The molecule has 0 atom stereocenters. The van der Waals surface area contributed by atoms with Crippen LogP contribution in [0.1, 0.15) is 34.1 Å². The number of para-hydroxylation sites is 2. The number of hydrogen-bond acceptors (Lipinski definition) is 4. The van der Waals surface area contributed by atoms with Crippen LogP contribution in [0.5, 0.6) is 5.75 Å². The zero-order chi connectivity index (χ0) is 28.4. The first kappa shape index (κ1) is 26.7. The van der Waals surface area contributed by atoms with Gasteiger partial charge in [0.15, 0.2) is 5.75 Å². The molecule has 7 nitrogen and oxygen atoms in total. The molecule has 3 aromatic carbocycles. The highest BCUT2D eigenvalue weighted by molar-refractivity contribution is 6.05. The fourth-order valence-corrected chi connectivity index (χ4v) is 4.62. The second kappa shape index (κ2) is 10.7. The van der Waals surface area contributed by atoms with Crippen LogP contribution >= 0.6 is 0 Å². The quantitative estimate of drug-likeness (QED) is 0.242. The molecule has 10 heteroatoms. The van der Waals surface area contributed by atoms with Crippen LogP contribution in [0, 0.1) is 6.92 Å². The van der Waals surface area contributed by atoms with Crippen LogP contribution in [0.4, 0.5) is 18.9 Å². The number of amides is 1. The number of rotatable bonds is 7. The fourth-order valence-electron chi connectivity index (χ4n) is 4.62. The Morgan fingerprint density at radius 1 is 1.05 bits per heavy atom. The summed E-state index contributed by atoms with van der Waals surface area (Å²) in [5.41, 5.74) is 4.40. The van der Waals surface area contributed by atoms with Crippen molar-refractivity contribution in [3.8, 4) is 28.4 Å². The van der Waals surface area contributed by atoms with E-state index in [1.807, 2.05) is 52.7 Å². The van der Waals surface area contributed by atoms with Crippen molar-refractivity contribution in [3.05, 3.63) is 108 Å². The average molecular weight is 546 g/mol. The number of carbonyl (C=O) groups excluding carboxylic acids is 1. The monoisotopic (exact) mass is 545 g/mol. The lowest BCUT2D eigenvalue weighted by atomic mass is 10.1. The number of halogens is 3. The first-order valence-corrected chi connectivity index (χ1v) is 12.5. The highest BCUT2D eigenvalue weighted by atomic mass is 19.4. The van der Waals surface area contributed by atoms with Crippen molar-refractivity contribution >= 4 is 11.6 Å². The molecule has 0 spiro atoms. The molecule has 0 saturated carbocycles. The standard InChI is InChI=1S/C30H26F3N5O2/c1-4-26-22(16-35-38(26)21-9-6-5-7-10-21)25-17-37(18-34-25)27-15-20(14-13-19(27)2)29(39)36-24-12-8-11-23(28(24)40-3)30(31,32)33/h5-18H,4H2,1-3H3,(H,36,39). The normalized spacial score (nSPS) is 11.4. The second-order valence-electron chi connectivity index (χ2n) is 9.11. The minimum atomic E-state index is -4.63. The molecule has 0 unspecified atom stereocenters. The molecule has 1 N–H and O–H groups in total. The van der Waals surface area contributed by atoms with E-state index in [4.69, 9.17) is 4.74 Å². The number of alkyl halides is 3. The molecule has 0 fully saturated rings. The fraction of sp³-hybridized carbons (Fsp3) is 0.167. The van der Waals surface area contributed by atoms with E-state index in [2.05, 4.69) is 22.3 Å². The number of methoxy groups -OCH3 is 1. The van der Waals surface area contributed by atoms with Crippen LogP contribution in [0.25, 0.3) is 22.6 Å². The highest BCUT2D eigenvalue weighted by Crippen LogP contribution is 2.40. The number of aryl methyl sites for hydroxylation is 1. The zero-order valence-electron chi connectivity index (χ0n) is 22.0. The van der Waals surface area contributed by atoms with Gasteiger partial charge in [0.05, 0.1) is 53.6 Å². The van der Waals surface area contributed by atoms with Crippen LogP contribution in [0.15, 0.2) is 85.5 Å². The summed E-state index contributed by atoms with van der Waals surface area (Å²) in [6.45, 7) is 3.96. The maximum atomic E-state index is 13.4. The molecule has 0 aliphatic heterocycles. The lowest BCUT2D eigenvalue weighted by Gasteiger charge is -2.16. The summed E-state index contributed by atoms with van der Waals surface area (Å²) in [6, 6.07) is 18.4. The van der Waals surface area contributed by atoms with Gasteiger partial charge in [-0.05, 0) is 55.3 Å². The number of nitrogens with zero attached hydrogens (tertiary/aromatic N) is 4. The average Bonchev–Trinajstić information content (AvgIpc) is 3.60. The smallest absolute Gasteiger partial charge is 0.420 e. The van der Waals surface area contributed by atoms with Crippen LogP contribution in [0.3, 0.4) is 0 Å².